The maximum atomic E-state index is 5.55. The minimum Gasteiger partial charge on any atom is -0.464 e. The molecule has 0 saturated carbocycles. The summed E-state index contributed by atoms with van der Waals surface area (Å²) in [6.45, 7) is 3.11. The minimum atomic E-state index is -0.219. The van der Waals surface area contributed by atoms with Gasteiger partial charge >= 0.3 is 0 Å². The number of nitrogens with one attached hydrogen (secondary N) is 1. The fourth-order valence-electron chi connectivity index (χ4n) is 2.95. The molecule has 0 aliphatic carbocycles. The zero-order chi connectivity index (χ0) is 14.3. The summed E-state index contributed by atoms with van der Waals surface area (Å²) in [5.41, 5.74) is 1.49. The number of fused-ring (bicyclic) bond motifs is 1. The van der Waals surface area contributed by atoms with Crippen LogP contribution in [0.1, 0.15) is 32.1 Å². The van der Waals surface area contributed by atoms with E-state index in [-0.39, 0.29) is 5.54 Å². The topological polar surface area (TPSA) is 64.1 Å². The molecule has 5 nitrogen and oxygen atoms in total. The second-order valence-corrected chi connectivity index (χ2v) is 5.78. The highest BCUT2D eigenvalue weighted by atomic mass is 16.5. The molecule has 108 valence electrons. The van der Waals surface area contributed by atoms with Gasteiger partial charge in [0.2, 0.25) is 11.7 Å². The lowest BCUT2D eigenvalue weighted by molar-refractivity contribution is 0.207. The monoisotopic (exact) mass is 283 g/mol. The lowest BCUT2D eigenvalue weighted by atomic mass is 9.91. The van der Waals surface area contributed by atoms with Crippen LogP contribution in [0.5, 0.6) is 0 Å². The van der Waals surface area contributed by atoms with E-state index >= 15 is 0 Å². The third-order valence-corrected chi connectivity index (χ3v) is 4.24. The summed E-state index contributed by atoms with van der Waals surface area (Å²) >= 11 is 0. The van der Waals surface area contributed by atoms with Crippen LogP contribution in [0.4, 0.5) is 0 Å². The first-order valence-electron chi connectivity index (χ1n) is 7.32. The Morgan fingerprint density at radius 1 is 1.24 bits per heavy atom. The number of hydrogen-bond acceptors (Lipinski definition) is 5. The zero-order valence-corrected chi connectivity index (χ0v) is 11.9. The summed E-state index contributed by atoms with van der Waals surface area (Å²) in [5.74, 6) is 1.24. The molecule has 0 bridgehead atoms. The van der Waals surface area contributed by atoms with Crippen LogP contribution in [0, 0.1) is 0 Å². The average molecular weight is 283 g/mol. The highest BCUT2D eigenvalue weighted by Crippen LogP contribution is 2.32. The van der Waals surface area contributed by atoms with Gasteiger partial charge in [-0.1, -0.05) is 23.4 Å². The molecule has 2 aromatic heterocycles. The molecular weight excluding hydrogens is 266 g/mol. The van der Waals surface area contributed by atoms with Crippen molar-refractivity contribution in [3.63, 3.8) is 0 Å². The Bertz CT molecular complexity index is 769. The van der Waals surface area contributed by atoms with Crippen LogP contribution in [0.25, 0.3) is 22.4 Å². The predicted molar refractivity (Wildman–Crippen MR) is 78.7 cm³/mol. The second-order valence-electron chi connectivity index (χ2n) is 5.78. The molecule has 1 aliphatic rings. The highest BCUT2D eigenvalue weighted by Gasteiger charge is 2.34. The number of aromatic nitrogens is 2. The number of furan rings is 1. The summed E-state index contributed by atoms with van der Waals surface area (Å²) in [6, 6.07) is 7.87. The molecule has 1 saturated heterocycles. The van der Waals surface area contributed by atoms with E-state index in [4.69, 9.17) is 8.94 Å². The minimum absolute atomic E-state index is 0.219. The molecule has 1 atom stereocenters. The van der Waals surface area contributed by atoms with E-state index in [1.807, 2.05) is 24.3 Å². The Labute approximate surface area is 122 Å². The normalized spacial score (nSPS) is 22.7. The molecule has 0 amide bonds. The van der Waals surface area contributed by atoms with Gasteiger partial charge in [0.05, 0.1) is 11.1 Å². The van der Waals surface area contributed by atoms with Gasteiger partial charge in [0.1, 0.15) is 11.8 Å². The molecule has 0 radical (unpaired) electrons. The Morgan fingerprint density at radius 2 is 2.14 bits per heavy atom. The van der Waals surface area contributed by atoms with E-state index in [1.54, 1.807) is 6.26 Å². The van der Waals surface area contributed by atoms with Crippen molar-refractivity contribution < 1.29 is 8.94 Å². The van der Waals surface area contributed by atoms with Crippen LogP contribution in [-0.4, -0.2) is 16.7 Å². The number of rotatable bonds is 2. The number of para-hydroxylation sites is 1. The molecule has 5 heteroatoms. The SMILES string of the molecule is CC1(c2nc(-c3coc4ccccc34)no2)CCCCN1. The van der Waals surface area contributed by atoms with Gasteiger partial charge in [-0.15, -0.1) is 0 Å². The van der Waals surface area contributed by atoms with Crippen molar-refractivity contribution in [2.24, 2.45) is 0 Å². The van der Waals surface area contributed by atoms with Crippen molar-refractivity contribution in [1.29, 1.82) is 0 Å². The van der Waals surface area contributed by atoms with Crippen LogP contribution in [0.2, 0.25) is 0 Å². The lowest BCUT2D eigenvalue weighted by Gasteiger charge is -2.31. The van der Waals surface area contributed by atoms with Crippen LogP contribution in [0.15, 0.2) is 39.5 Å². The molecule has 0 spiro atoms. The van der Waals surface area contributed by atoms with Crippen LogP contribution in [-0.2, 0) is 5.54 Å². The predicted octanol–water partition coefficient (Wildman–Crippen LogP) is 3.47. The first kappa shape index (κ1) is 12.6. The molecule has 3 aromatic rings. The van der Waals surface area contributed by atoms with Crippen molar-refractivity contribution in [1.82, 2.24) is 15.5 Å². The Morgan fingerprint density at radius 3 is 3.00 bits per heavy atom. The first-order valence-corrected chi connectivity index (χ1v) is 7.32. The van der Waals surface area contributed by atoms with E-state index in [9.17, 15) is 0 Å². The van der Waals surface area contributed by atoms with E-state index in [1.165, 1.54) is 12.8 Å². The molecule has 3 heterocycles. The molecule has 1 N–H and O–H groups in total. The van der Waals surface area contributed by atoms with Gasteiger partial charge in [0.25, 0.3) is 0 Å². The Kier molecular flexibility index (Phi) is 2.82. The lowest BCUT2D eigenvalue weighted by Crippen LogP contribution is -2.43. The van der Waals surface area contributed by atoms with Gasteiger partial charge in [-0.3, -0.25) is 0 Å². The molecule has 1 fully saturated rings. The molecule has 1 unspecified atom stereocenters. The van der Waals surface area contributed by atoms with Gasteiger partial charge in [-0.05, 0) is 38.8 Å². The van der Waals surface area contributed by atoms with Crippen molar-refractivity contribution >= 4 is 11.0 Å². The van der Waals surface area contributed by atoms with Crippen molar-refractivity contribution in [2.45, 2.75) is 31.7 Å². The summed E-state index contributed by atoms with van der Waals surface area (Å²) in [7, 11) is 0. The van der Waals surface area contributed by atoms with E-state index in [0.717, 1.165) is 29.5 Å². The number of hydrogen-bond donors (Lipinski definition) is 1. The molecule has 4 rings (SSSR count). The van der Waals surface area contributed by atoms with Crippen LogP contribution in [0.3, 0.4) is 0 Å². The van der Waals surface area contributed by atoms with Crippen LogP contribution < -0.4 is 5.32 Å². The maximum Gasteiger partial charge on any atom is 0.246 e. The number of benzene rings is 1. The third-order valence-electron chi connectivity index (χ3n) is 4.24. The fraction of sp³-hybridized carbons (Fsp3) is 0.375. The zero-order valence-electron chi connectivity index (χ0n) is 11.9. The second kappa shape index (κ2) is 4.70. The van der Waals surface area contributed by atoms with Gasteiger partial charge < -0.3 is 14.3 Å². The fourth-order valence-corrected chi connectivity index (χ4v) is 2.95. The van der Waals surface area contributed by atoms with Crippen molar-refractivity contribution in [2.75, 3.05) is 6.54 Å². The first-order chi connectivity index (χ1) is 10.3. The van der Waals surface area contributed by atoms with Crippen molar-refractivity contribution in [3.05, 3.63) is 36.4 Å². The smallest absolute Gasteiger partial charge is 0.246 e. The van der Waals surface area contributed by atoms with Crippen molar-refractivity contribution in [3.8, 4) is 11.4 Å². The maximum absolute atomic E-state index is 5.55. The standard InChI is InChI=1S/C16H17N3O2/c1-16(8-4-5-9-17-16)15-18-14(19-21-15)12-10-20-13-7-3-2-6-11(12)13/h2-3,6-7,10,17H,4-5,8-9H2,1H3. The molecule has 1 aliphatic heterocycles. The average Bonchev–Trinajstić information content (AvgIpc) is 3.15. The van der Waals surface area contributed by atoms with Gasteiger partial charge in [0.15, 0.2) is 0 Å². The van der Waals surface area contributed by atoms with Gasteiger partial charge in [0, 0.05) is 5.39 Å². The molecule has 21 heavy (non-hydrogen) atoms. The number of nitrogens with zero attached hydrogens (tertiary/aromatic N) is 2. The summed E-state index contributed by atoms with van der Waals surface area (Å²) < 4.78 is 11.1. The van der Waals surface area contributed by atoms with E-state index in [0.29, 0.717) is 11.7 Å². The number of piperidine rings is 1. The van der Waals surface area contributed by atoms with Gasteiger partial charge in [-0.25, -0.2) is 0 Å². The van der Waals surface area contributed by atoms with E-state index < -0.39 is 0 Å². The quantitative estimate of drug-likeness (QED) is 0.780. The third kappa shape index (κ3) is 2.05. The molecule has 1 aromatic carbocycles. The largest absolute Gasteiger partial charge is 0.464 e. The Hall–Kier alpha value is -2.14. The van der Waals surface area contributed by atoms with Crippen LogP contribution >= 0.6 is 0 Å². The Balaban J connectivity index is 1.74. The summed E-state index contributed by atoms with van der Waals surface area (Å²) in [5, 5.41) is 8.64. The summed E-state index contributed by atoms with van der Waals surface area (Å²) in [6.07, 6.45) is 5.08. The van der Waals surface area contributed by atoms with Gasteiger partial charge in [-0.2, -0.15) is 4.98 Å². The van der Waals surface area contributed by atoms with E-state index in [2.05, 4.69) is 22.4 Å². The summed E-state index contributed by atoms with van der Waals surface area (Å²) in [4.78, 5) is 4.60. The molecular formula is C16H17N3O2. The highest BCUT2D eigenvalue weighted by molar-refractivity contribution is 5.91.